The molecule has 0 aliphatic carbocycles. The molecule has 2 heteroatoms. The molecule has 0 bridgehead atoms. The van der Waals surface area contributed by atoms with Crippen molar-refractivity contribution >= 4 is 18.9 Å². The van der Waals surface area contributed by atoms with Crippen molar-refractivity contribution in [3.8, 4) is 0 Å². The summed E-state index contributed by atoms with van der Waals surface area (Å²) in [6.07, 6.45) is 0.924. The largest absolute Gasteiger partial charge is 0.303 e. The standard InChI is InChI=1S/C6H12OS/c1-5(4-7)6(2,3)8/h4-5,8H,1-3H3. The molecule has 0 saturated carbocycles. The van der Waals surface area contributed by atoms with E-state index in [0.717, 1.165) is 6.29 Å². The highest BCUT2D eigenvalue weighted by Crippen LogP contribution is 2.20. The molecule has 0 aromatic carbocycles. The van der Waals surface area contributed by atoms with Gasteiger partial charge in [0.2, 0.25) is 0 Å². The van der Waals surface area contributed by atoms with E-state index < -0.39 is 0 Å². The molecule has 0 N–H and O–H groups in total. The Hall–Kier alpha value is 0.0200. The predicted molar refractivity (Wildman–Crippen MR) is 38.3 cm³/mol. The van der Waals surface area contributed by atoms with Gasteiger partial charge in [0.05, 0.1) is 0 Å². The molecule has 0 amide bonds. The van der Waals surface area contributed by atoms with Crippen LogP contribution in [0.5, 0.6) is 0 Å². The van der Waals surface area contributed by atoms with Crippen LogP contribution < -0.4 is 0 Å². The van der Waals surface area contributed by atoms with Gasteiger partial charge in [-0.25, -0.2) is 0 Å². The van der Waals surface area contributed by atoms with Gasteiger partial charge in [0.15, 0.2) is 0 Å². The van der Waals surface area contributed by atoms with Gasteiger partial charge in [-0.15, -0.1) is 0 Å². The van der Waals surface area contributed by atoms with Gasteiger partial charge in [-0.1, -0.05) is 20.8 Å². The van der Waals surface area contributed by atoms with Crippen molar-refractivity contribution in [3.05, 3.63) is 0 Å². The topological polar surface area (TPSA) is 17.1 Å². The van der Waals surface area contributed by atoms with Crippen LogP contribution in [0.25, 0.3) is 0 Å². The Kier molecular flexibility index (Phi) is 2.54. The van der Waals surface area contributed by atoms with E-state index in [0.29, 0.717) is 0 Å². The highest BCUT2D eigenvalue weighted by Gasteiger charge is 2.19. The summed E-state index contributed by atoms with van der Waals surface area (Å²) in [5.74, 6) is 0.0332. The molecule has 48 valence electrons. The Bertz CT molecular complexity index is 83.0. The van der Waals surface area contributed by atoms with E-state index in [2.05, 4.69) is 12.6 Å². The first kappa shape index (κ1) is 8.02. The van der Waals surface area contributed by atoms with E-state index in [1.165, 1.54) is 0 Å². The van der Waals surface area contributed by atoms with Gasteiger partial charge in [0.1, 0.15) is 6.29 Å². The molecule has 0 fully saturated rings. The maximum atomic E-state index is 10.1. The van der Waals surface area contributed by atoms with Crippen molar-refractivity contribution in [2.24, 2.45) is 5.92 Å². The van der Waals surface area contributed by atoms with Gasteiger partial charge in [0, 0.05) is 10.7 Å². The second kappa shape index (κ2) is 2.53. The Morgan fingerprint density at radius 3 is 2.00 bits per heavy atom. The van der Waals surface area contributed by atoms with E-state index >= 15 is 0 Å². The van der Waals surface area contributed by atoms with Crippen LogP contribution in [-0.2, 0) is 4.79 Å². The second-order valence-corrected chi connectivity index (χ2v) is 3.73. The normalized spacial score (nSPS) is 15.5. The number of rotatable bonds is 2. The number of thiol groups is 1. The minimum atomic E-state index is -0.165. The minimum Gasteiger partial charge on any atom is -0.303 e. The number of carbonyl (C=O) groups is 1. The number of aldehydes is 1. The van der Waals surface area contributed by atoms with Gasteiger partial charge >= 0.3 is 0 Å². The predicted octanol–water partition coefficient (Wildman–Crippen LogP) is 1.53. The third-order valence-electron chi connectivity index (χ3n) is 1.32. The zero-order valence-corrected chi connectivity index (χ0v) is 6.40. The smallest absolute Gasteiger partial charge is 0.124 e. The fourth-order valence-electron chi connectivity index (χ4n) is 0.167. The molecule has 8 heavy (non-hydrogen) atoms. The first-order valence-electron chi connectivity index (χ1n) is 2.66. The molecule has 0 aliphatic rings. The van der Waals surface area contributed by atoms with Crippen LogP contribution in [0.2, 0.25) is 0 Å². The van der Waals surface area contributed by atoms with Gasteiger partial charge in [-0.2, -0.15) is 12.6 Å². The van der Waals surface area contributed by atoms with Crippen molar-refractivity contribution in [1.82, 2.24) is 0 Å². The highest BCUT2D eigenvalue weighted by atomic mass is 32.1. The van der Waals surface area contributed by atoms with Crippen LogP contribution in [0.3, 0.4) is 0 Å². The van der Waals surface area contributed by atoms with Crippen LogP contribution in [-0.4, -0.2) is 11.0 Å². The van der Waals surface area contributed by atoms with E-state index in [-0.39, 0.29) is 10.7 Å². The molecule has 0 aliphatic heterocycles. The van der Waals surface area contributed by atoms with Crippen molar-refractivity contribution in [2.45, 2.75) is 25.5 Å². The summed E-state index contributed by atoms with van der Waals surface area (Å²) in [6, 6.07) is 0. The molecule has 0 heterocycles. The number of hydrogen-bond donors (Lipinski definition) is 1. The highest BCUT2D eigenvalue weighted by molar-refractivity contribution is 7.81. The summed E-state index contributed by atoms with van der Waals surface area (Å²) in [5, 5.41) is 0. The lowest BCUT2D eigenvalue weighted by molar-refractivity contribution is -0.111. The van der Waals surface area contributed by atoms with E-state index in [9.17, 15) is 4.79 Å². The fourth-order valence-corrected chi connectivity index (χ4v) is 0.227. The molecular formula is C6H12OS. The van der Waals surface area contributed by atoms with Gasteiger partial charge in [-0.3, -0.25) is 0 Å². The van der Waals surface area contributed by atoms with Gasteiger partial charge in [0.25, 0.3) is 0 Å². The molecule has 1 nitrogen and oxygen atoms in total. The van der Waals surface area contributed by atoms with E-state index in [1.54, 1.807) is 0 Å². The summed E-state index contributed by atoms with van der Waals surface area (Å²) in [4.78, 5) is 10.1. The van der Waals surface area contributed by atoms with Crippen LogP contribution in [0, 0.1) is 5.92 Å². The SMILES string of the molecule is CC(C=O)C(C)(C)S. The monoisotopic (exact) mass is 132 g/mol. The van der Waals surface area contributed by atoms with E-state index in [4.69, 9.17) is 0 Å². The summed E-state index contributed by atoms with van der Waals surface area (Å²) < 4.78 is -0.165. The minimum absolute atomic E-state index is 0.0332. The van der Waals surface area contributed by atoms with E-state index in [1.807, 2.05) is 20.8 Å². The third kappa shape index (κ3) is 2.36. The van der Waals surface area contributed by atoms with Crippen molar-refractivity contribution < 1.29 is 4.79 Å². The van der Waals surface area contributed by atoms with Crippen molar-refractivity contribution in [2.75, 3.05) is 0 Å². The summed E-state index contributed by atoms with van der Waals surface area (Å²) in [7, 11) is 0. The fraction of sp³-hybridized carbons (Fsp3) is 0.833. The first-order valence-corrected chi connectivity index (χ1v) is 3.11. The molecular weight excluding hydrogens is 120 g/mol. The maximum absolute atomic E-state index is 10.1. The number of carbonyl (C=O) groups excluding carboxylic acids is 1. The van der Waals surface area contributed by atoms with Crippen molar-refractivity contribution in [3.63, 3.8) is 0 Å². The quantitative estimate of drug-likeness (QED) is 0.445. The average Bonchev–Trinajstić information content (AvgIpc) is 1.62. The Morgan fingerprint density at radius 1 is 1.62 bits per heavy atom. The Balaban J connectivity index is 3.80. The summed E-state index contributed by atoms with van der Waals surface area (Å²) in [5.41, 5.74) is 0. The van der Waals surface area contributed by atoms with Crippen LogP contribution in [0.4, 0.5) is 0 Å². The lowest BCUT2D eigenvalue weighted by Crippen LogP contribution is -2.22. The average molecular weight is 132 g/mol. The summed E-state index contributed by atoms with van der Waals surface area (Å²) >= 11 is 4.20. The molecule has 1 unspecified atom stereocenters. The van der Waals surface area contributed by atoms with Crippen LogP contribution in [0.15, 0.2) is 0 Å². The Morgan fingerprint density at radius 2 is 2.00 bits per heavy atom. The zero-order chi connectivity index (χ0) is 6.78. The lowest BCUT2D eigenvalue weighted by Gasteiger charge is -2.20. The van der Waals surface area contributed by atoms with Gasteiger partial charge < -0.3 is 4.79 Å². The maximum Gasteiger partial charge on any atom is 0.124 e. The molecule has 1 atom stereocenters. The van der Waals surface area contributed by atoms with Crippen LogP contribution in [0.1, 0.15) is 20.8 Å². The molecule has 0 radical (unpaired) electrons. The molecule has 0 saturated heterocycles. The molecule has 0 aromatic heterocycles. The van der Waals surface area contributed by atoms with Crippen LogP contribution >= 0.6 is 12.6 Å². The first-order chi connectivity index (χ1) is 3.48. The third-order valence-corrected chi connectivity index (χ3v) is 1.73. The summed E-state index contributed by atoms with van der Waals surface area (Å²) in [6.45, 7) is 5.71. The Labute approximate surface area is 55.9 Å². The zero-order valence-electron chi connectivity index (χ0n) is 5.51. The molecule has 0 spiro atoms. The molecule has 0 aromatic rings. The number of hydrogen-bond acceptors (Lipinski definition) is 2. The molecule has 0 rings (SSSR count). The second-order valence-electron chi connectivity index (χ2n) is 2.58. The lowest BCUT2D eigenvalue weighted by atomic mass is 9.99. The van der Waals surface area contributed by atoms with Crippen molar-refractivity contribution in [1.29, 1.82) is 0 Å². The van der Waals surface area contributed by atoms with Gasteiger partial charge in [-0.05, 0) is 0 Å².